The first-order valence-electron chi connectivity index (χ1n) is 3.03. The summed E-state index contributed by atoms with van der Waals surface area (Å²) in [6.45, 7) is 1.58. The van der Waals surface area contributed by atoms with E-state index >= 15 is 0 Å². The molecule has 0 bridgehead atoms. The molecular weight excluding hydrogens is 185 g/mol. The minimum Gasteiger partial charge on any atom is -0.494 e. The van der Waals surface area contributed by atoms with Crippen molar-refractivity contribution >= 4 is 57.7 Å². The van der Waals surface area contributed by atoms with Crippen molar-refractivity contribution in [2.45, 2.75) is 6.92 Å². The minimum absolute atomic E-state index is 0. The van der Waals surface area contributed by atoms with Gasteiger partial charge in [0.2, 0.25) is 5.88 Å². The summed E-state index contributed by atoms with van der Waals surface area (Å²) in [6.07, 6.45) is 0.501. The van der Waals surface area contributed by atoms with Gasteiger partial charge in [-0.2, -0.15) is 0 Å². The number of carbonyl (C=O) groups is 1. The Morgan fingerprint density at radius 2 is 2.17 bits per heavy atom. The van der Waals surface area contributed by atoms with Crippen LogP contribution in [0.15, 0.2) is 10.9 Å². The summed E-state index contributed by atoms with van der Waals surface area (Å²) >= 11 is 0. The number of hydrogen-bond acceptors (Lipinski definition) is 3. The third kappa shape index (κ3) is 2.53. The van der Waals surface area contributed by atoms with Gasteiger partial charge in [0, 0.05) is 57.5 Å². The summed E-state index contributed by atoms with van der Waals surface area (Å²) in [6, 6.07) is 1.25. The first-order valence-corrected chi connectivity index (χ1v) is 3.03. The third-order valence-electron chi connectivity index (χ3n) is 1.39. The average molecular weight is 192 g/mol. The van der Waals surface area contributed by atoms with Gasteiger partial charge in [0.15, 0.2) is 6.29 Å². The molecule has 1 heterocycles. The molecule has 0 amide bonds. The summed E-state index contributed by atoms with van der Waals surface area (Å²) < 4.78 is 0. The van der Waals surface area contributed by atoms with Crippen molar-refractivity contribution in [3.05, 3.63) is 27.5 Å². The second-order valence-corrected chi connectivity index (χ2v) is 2.20. The molecule has 0 saturated heterocycles. The second-order valence-electron chi connectivity index (χ2n) is 2.20. The van der Waals surface area contributed by atoms with E-state index in [1.165, 1.54) is 6.07 Å². The molecule has 0 aliphatic heterocycles. The van der Waals surface area contributed by atoms with Crippen LogP contribution in [0.3, 0.4) is 0 Å². The Kier molecular flexibility index (Phi) is 4.96. The normalized spacial score (nSPS) is 8.75. The van der Waals surface area contributed by atoms with E-state index in [1.807, 2.05) is 0 Å². The number of aromatic hydroxyl groups is 1. The Hall–Kier alpha value is 0.0564. The largest absolute Gasteiger partial charge is 0.494 e. The number of hydrogen-bond donors (Lipinski definition) is 2. The first kappa shape index (κ1) is 12.1. The molecule has 12 heavy (non-hydrogen) atoms. The van der Waals surface area contributed by atoms with Crippen LogP contribution >= 0.6 is 0 Å². The molecule has 2 N–H and O–H groups in total. The second kappa shape index (κ2) is 4.93. The SMILES string of the molecule is Cc1cc(=O)[nH]c(O)c1C=O.[K]. The molecule has 5 heteroatoms. The van der Waals surface area contributed by atoms with E-state index < -0.39 is 5.56 Å². The predicted octanol–water partition coefficient (Wildman–Crippen LogP) is -0.179. The standard InChI is InChI=1S/C7H7NO3.K/c1-4-2-6(10)8-7(11)5(4)3-9;/h2-3H,1H3,(H2,8,10,11);. The molecule has 0 aliphatic rings. The number of pyridine rings is 1. The number of aryl methyl sites for hydroxylation is 1. The van der Waals surface area contributed by atoms with E-state index in [2.05, 4.69) is 4.98 Å². The first-order chi connectivity index (χ1) is 5.15. The van der Waals surface area contributed by atoms with Crippen LogP contribution in [-0.4, -0.2) is 67.8 Å². The van der Waals surface area contributed by atoms with Gasteiger partial charge in [-0.3, -0.25) is 14.6 Å². The van der Waals surface area contributed by atoms with Crippen molar-refractivity contribution in [1.29, 1.82) is 0 Å². The molecule has 1 aromatic rings. The zero-order valence-corrected chi connectivity index (χ0v) is 10.0. The van der Waals surface area contributed by atoms with Gasteiger partial charge in [-0.25, -0.2) is 0 Å². The fourth-order valence-corrected chi connectivity index (χ4v) is 0.830. The number of aromatic nitrogens is 1. The number of H-pyrrole nitrogens is 1. The topological polar surface area (TPSA) is 70.2 Å². The molecule has 0 saturated carbocycles. The van der Waals surface area contributed by atoms with E-state index in [9.17, 15) is 9.59 Å². The maximum Gasteiger partial charge on any atom is 0.250 e. The Morgan fingerprint density at radius 3 is 2.58 bits per heavy atom. The summed E-state index contributed by atoms with van der Waals surface area (Å²) in [7, 11) is 0. The van der Waals surface area contributed by atoms with E-state index in [-0.39, 0.29) is 62.8 Å². The van der Waals surface area contributed by atoms with E-state index in [4.69, 9.17) is 5.11 Å². The summed E-state index contributed by atoms with van der Waals surface area (Å²) in [5, 5.41) is 8.99. The zero-order chi connectivity index (χ0) is 8.43. The van der Waals surface area contributed by atoms with E-state index in [1.54, 1.807) is 6.92 Å². The molecule has 0 spiro atoms. The number of carbonyl (C=O) groups excluding carboxylic acids is 1. The molecular formula is C7H7KNO3. The predicted molar refractivity (Wildman–Crippen MR) is 44.6 cm³/mol. The number of aldehydes is 1. The Bertz CT molecular complexity index is 319. The molecule has 0 aliphatic carbocycles. The van der Waals surface area contributed by atoms with Crippen LogP contribution in [0.25, 0.3) is 0 Å². The van der Waals surface area contributed by atoms with Gasteiger partial charge in [0.25, 0.3) is 5.56 Å². The molecule has 59 valence electrons. The van der Waals surface area contributed by atoms with Crippen molar-refractivity contribution in [2.24, 2.45) is 0 Å². The molecule has 0 unspecified atom stereocenters. The van der Waals surface area contributed by atoms with Gasteiger partial charge >= 0.3 is 0 Å². The van der Waals surface area contributed by atoms with Crippen molar-refractivity contribution < 1.29 is 9.90 Å². The van der Waals surface area contributed by atoms with Crippen LogP contribution in [0.5, 0.6) is 5.88 Å². The molecule has 1 aromatic heterocycles. The van der Waals surface area contributed by atoms with Crippen molar-refractivity contribution in [1.82, 2.24) is 4.98 Å². The fraction of sp³-hybridized carbons (Fsp3) is 0.143. The molecule has 0 aromatic carbocycles. The molecule has 0 atom stereocenters. The average Bonchev–Trinajstić information content (AvgIpc) is 1.85. The Labute approximate surface area is 111 Å². The van der Waals surface area contributed by atoms with Gasteiger partial charge in [-0.15, -0.1) is 0 Å². The zero-order valence-electron chi connectivity index (χ0n) is 6.92. The maximum atomic E-state index is 10.6. The smallest absolute Gasteiger partial charge is 0.250 e. The van der Waals surface area contributed by atoms with Crippen molar-refractivity contribution in [3.8, 4) is 5.88 Å². The van der Waals surface area contributed by atoms with Crippen LogP contribution in [0.1, 0.15) is 15.9 Å². The Morgan fingerprint density at radius 1 is 1.58 bits per heavy atom. The van der Waals surface area contributed by atoms with Crippen molar-refractivity contribution in [2.75, 3.05) is 0 Å². The van der Waals surface area contributed by atoms with Crippen LogP contribution in [0, 0.1) is 6.92 Å². The van der Waals surface area contributed by atoms with Crippen LogP contribution < -0.4 is 5.56 Å². The van der Waals surface area contributed by atoms with Crippen LogP contribution in [0.4, 0.5) is 0 Å². The number of nitrogens with one attached hydrogen (secondary N) is 1. The number of rotatable bonds is 1. The summed E-state index contributed by atoms with van der Waals surface area (Å²) in [4.78, 5) is 23.0. The molecule has 4 nitrogen and oxygen atoms in total. The minimum atomic E-state index is -0.411. The van der Waals surface area contributed by atoms with E-state index in [0.717, 1.165) is 0 Å². The summed E-state index contributed by atoms with van der Waals surface area (Å²) in [5.41, 5.74) is 0.191. The van der Waals surface area contributed by atoms with Gasteiger partial charge in [-0.05, 0) is 12.5 Å². The maximum absolute atomic E-state index is 10.6. The monoisotopic (exact) mass is 192 g/mol. The molecule has 1 radical (unpaired) electrons. The quantitative estimate of drug-likeness (QED) is 0.479. The van der Waals surface area contributed by atoms with Gasteiger partial charge < -0.3 is 5.11 Å². The van der Waals surface area contributed by atoms with Gasteiger partial charge in [0.05, 0.1) is 5.56 Å². The third-order valence-corrected chi connectivity index (χ3v) is 1.39. The van der Waals surface area contributed by atoms with E-state index in [0.29, 0.717) is 11.8 Å². The fourth-order valence-electron chi connectivity index (χ4n) is 0.830. The Balaban J connectivity index is 0.00000121. The molecule has 1 rings (SSSR count). The van der Waals surface area contributed by atoms with Crippen LogP contribution in [-0.2, 0) is 0 Å². The van der Waals surface area contributed by atoms with Crippen molar-refractivity contribution in [3.63, 3.8) is 0 Å². The van der Waals surface area contributed by atoms with Crippen LogP contribution in [0.2, 0.25) is 0 Å². The number of aromatic amines is 1. The summed E-state index contributed by atoms with van der Waals surface area (Å²) in [5.74, 6) is -0.370. The van der Waals surface area contributed by atoms with Gasteiger partial charge in [0.1, 0.15) is 0 Å². The molecule has 0 fully saturated rings. The van der Waals surface area contributed by atoms with Gasteiger partial charge in [-0.1, -0.05) is 0 Å².